The monoisotopic (exact) mass is 319 g/mol. The van der Waals surface area contributed by atoms with Crippen LogP contribution in [0.1, 0.15) is 25.3 Å². The number of ether oxygens (including phenoxy) is 2. The molecule has 0 aliphatic carbocycles. The van der Waals surface area contributed by atoms with Crippen molar-refractivity contribution in [2.45, 2.75) is 32.2 Å². The molecule has 2 heterocycles. The first-order valence-corrected chi connectivity index (χ1v) is 7.95. The number of carboxylic acid groups (broad SMARTS) is 1. The lowest BCUT2D eigenvalue weighted by Gasteiger charge is -2.36. The first kappa shape index (κ1) is 15.6. The van der Waals surface area contributed by atoms with Crippen LogP contribution in [0.15, 0.2) is 18.2 Å². The van der Waals surface area contributed by atoms with Gasteiger partial charge in [0.05, 0.1) is 12.3 Å². The van der Waals surface area contributed by atoms with E-state index in [1.807, 2.05) is 25.1 Å². The largest absolute Gasteiger partial charge is 0.486 e. The molecule has 23 heavy (non-hydrogen) atoms. The van der Waals surface area contributed by atoms with Crippen LogP contribution in [0.25, 0.3) is 0 Å². The molecule has 0 spiro atoms. The van der Waals surface area contributed by atoms with Crippen molar-refractivity contribution in [1.29, 1.82) is 0 Å². The molecule has 2 aliphatic heterocycles. The minimum Gasteiger partial charge on any atom is -0.486 e. The zero-order chi connectivity index (χ0) is 16.4. The van der Waals surface area contributed by atoms with Gasteiger partial charge in [0.15, 0.2) is 11.5 Å². The molecular formula is C17H21NO5. The van der Waals surface area contributed by atoms with E-state index in [1.54, 1.807) is 4.90 Å². The van der Waals surface area contributed by atoms with Crippen molar-refractivity contribution in [2.75, 3.05) is 19.8 Å². The third-order valence-corrected chi connectivity index (χ3v) is 4.51. The summed E-state index contributed by atoms with van der Waals surface area (Å²) in [4.78, 5) is 25.4. The molecule has 2 atom stereocenters. The number of carbonyl (C=O) groups is 2. The van der Waals surface area contributed by atoms with E-state index < -0.39 is 11.9 Å². The Balaban J connectivity index is 1.69. The third kappa shape index (κ3) is 3.41. The Morgan fingerprint density at radius 2 is 1.96 bits per heavy atom. The lowest BCUT2D eigenvalue weighted by molar-refractivity contribution is -0.146. The van der Waals surface area contributed by atoms with E-state index in [4.69, 9.17) is 9.47 Å². The molecule has 1 aromatic carbocycles. The quantitative estimate of drug-likeness (QED) is 0.918. The normalized spacial score (nSPS) is 23.4. The number of carbonyl (C=O) groups excluding carboxylic acids is 1. The maximum absolute atomic E-state index is 12.6. The highest BCUT2D eigenvalue weighted by atomic mass is 16.6. The summed E-state index contributed by atoms with van der Waals surface area (Å²) in [6.07, 6.45) is 1.60. The topological polar surface area (TPSA) is 76.1 Å². The number of hydrogen-bond acceptors (Lipinski definition) is 4. The van der Waals surface area contributed by atoms with Gasteiger partial charge < -0.3 is 19.5 Å². The number of aliphatic carboxylic acids is 1. The standard InChI is InChI=1S/C17H21NO5/c1-11-2-4-13(17(20)21)10-18(11)16(19)9-12-3-5-14-15(8-12)23-7-6-22-14/h3,5,8,11,13H,2,4,6-7,9-10H2,1H3,(H,20,21)/t11-,13+/m0/s1. The smallest absolute Gasteiger partial charge is 0.308 e. The zero-order valence-corrected chi connectivity index (χ0v) is 13.2. The summed E-state index contributed by atoms with van der Waals surface area (Å²) in [5, 5.41) is 9.18. The second-order valence-corrected chi connectivity index (χ2v) is 6.16. The van der Waals surface area contributed by atoms with Gasteiger partial charge in [-0.1, -0.05) is 6.07 Å². The number of carboxylic acids is 1. The number of hydrogen-bond donors (Lipinski definition) is 1. The number of fused-ring (bicyclic) bond motifs is 1. The van der Waals surface area contributed by atoms with Crippen LogP contribution >= 0.6 is 0 Å². The van der Waals surface area contributed by atoms with E-state index in [2.05, 4.69) is 0 Å². The van der Waals surface area contributed by atoms with Gasteiger partial charge in [-0.3, -0.25) is 9.59 Å². The predicted octanol–water partition coefficient (Wildman–Crippen LogP) is 1.71. The Hall–Kier alpha value is -2.24. The van der Waals surface area contributed by atoms with E-state index >= 15 is 0 Å². The van der Waals surface area contributed by atoms with Crippen LogP contribution in [-0.4, -0.2) is 47.7 Å². The van der Waals surface area contributed by atoms with E-state index in [-0.39, 0.29) is 18.4 Å². The molecular weight excluding hydrogens is 298 g/mol. The first-order chi connectivity index (χ1) is 11.0. The van der Waals surface area contributed by atoms with Crippen LogP contribution in [0.4, 0.5) is 0 Å². The van der Waals surface area contributed by atoms with Gasteiger partial charge in [0.1, 0.15) is 13.2 Å². The van der Waals surface area contributed by atoms with E-state index in [9.17, 15) is 14.7 Å². The lowest BCUT2D eigenvalue weighted by Crippen LogP contribution is -2.47. The van der Waals surface area contributed by atoms with Crippen molar-refractivity contribution in [3.63, 3.8) is 0 Å². The predicted molar refractivity (Wildman–Crippen MR) is 82.7 cm³/mol. The Labute approximate surface area is 135 Å². The summed E-state index contributed by atoms with van der Waals surface area (Å²) in [5.41, 5.74) is 0.851. The summed E-state index contributed by atoms with van der Waals surface area (Å²) in [7, 11) is 0. The number of rotatable bonds is 3. The van der Waals surface area contributed by atoms with Gasteiger partial charge in [0.25, 0.3) is 0 Å². The minimum absolute atomic E-state index is 0.0415. The van der Waals surface area contributed by atoms with Crippen molar-refractivity contribution < 1.29 is 24.2 Å². The first-order valence-electron chi connectivity index (χ1n) is 7.95. The summed E-state index contributed by atoms with van der Waals surface area (Å²) in [5.74, 6) is 0.0333. The summed E-state index contributed by atoms with van der Waals surface area (Å²) >= 11 is 0. The summed E-state index contributed by atoms with van der Waals surface area (Å²) in [6, 6.07) is 5.58. The highest BCUT2D eigenvalue weighted by molar-refractivity contribution is 5.80. The van der Waals surface area contributed by atoms with Crippen molar-refractivity contribution in [3.8, 4) is 11.5 Å². The lowest BCUT2D eigenvalue weighted by atomic mass is 9.93. The van der Waals surface area contributed by atoms with Gasteiger partial charge >= 0.3 is 5.97 Å². The molecule has 0 aromatic heterocycles. The van der Waals surface area contributed by atoms with Gasteiger partial charge in [0, 0.05) is 12.6 Å². The van der Waals surface area contributed by atoms with Gasteiger partial charge in [0.2, 0.25) is 5.91 Å². The average Bonchev–Trinajstić information content (AvgIpc) is 2.54. The number of likely N-dealkylation sites (tertiary alicyclic amines) is 1. The molecule has 0 radical (unpaired) electrons. The Morgan fingerprint density at radius 3 is 2.70 bits per heavy atom. The highest BCUT2D eigenvalue weighted by Gasteiger charge is 2.32. The summed E-state index contributed by atoms with van der Waals surface area (Å²) in [6.45, 7) is 3.31. The molecule has 1 fully saturated rings. The molecule has 124 valence electrons. The minimum atomic E-state index is -0.825. The molecule has 3 rings (SSSR count). The second-order valence-electron chi connectivity index (χ2n) is 6.16. The number of nitrogens with zero attached hydrogens (tertiary/aromatic N) is 1. The van der Waals surface area contributed by atoms with E-state index in [0.717, 1.165) is 12.0 Å². The second kappa shape index (κ2) is 6.48. The summed E-state index contributed by atoms with van der Waals surface area (Å²) < 4.78 is 11.0. The molecule has 1 amide bonds. The van der Waals surface area contributed by atoms with Crippen LogP contribution in [0.3, 0.4) is 0 Å². The fourth-order valence-electron chi connectivity index (χ4n) is 3.13. The maximum Gasteiger partial charge on any atom is 0.308 e. The molecule has 0 bridgehead atoms. The Kier molecular flexibility index (Phi) is 4.41. The fraction of sp³-hybridized carbons (Fsp3) is 0.529. The van der Waals surface area contributed by atoms with Crippen molar-refractivity contribution in [2.24, 2.45) is 5.92 Å². The van der Waals surface area contributed by atoms with Gasteiger partial charge in [-0.25, -0.2) is 0 Å². The third-order valence-electron chi connectivity index (χ3n) is 4.51. The van der Waals surface area contributed by atoms with Gasteiger partial charge in [-0.2, -0.15) is 0 Å². The molecule has 2 aliphatic rings. The molecule has 1 N–H and O–H groups in total. The van der Waals surface area contributed by atoms with Crippen LogP contribution < -0.4 is 9.47 Å². The van der Waals surface area contributed by atoms with Crippen LogP contribution in [-0.2, 0) is 16.0 Å². The van der Waals surface area contributed by atoms with Crippen molar-refractivity contribution in [1.82, 2.24) is 4.90 Å². The van der Waals surface area contributed by atoms with E-state index in [1.165, 1.54) is 0 Å². The Morgan fingerprint density at radius 1 is 1.22 bits per heavy atom. The molecule has 1 saturated heterocycles. The molecule has 0 unspecified atom stereocenters. The highest BCUT2D eigenvalue weighted by Crippen LogP contribution is 2.31. The van der Waals surface area contributed by atoms with Crippen LogP contribution in [0.5, 0.6) is 11.5 Å². The van der Waals surface area contributed by atoms with Crippen LogP contribution in [0, 0.1) is 5.92 Å². The van der Waals surface area contributed by atoms with Gasteiger partial charge in [-0.15, -0.1) is 0 Å². The van der Waals surface area contributed by atoms with Gasteiger partial charge in [-0.05, 0) is 37.5 Å². The van der Waals surface area contributed by atoms with E-state index in [0.29, 0.717) is 37.7 Å². The number of piperidine rings is 1. The SMILES string of the molecule is C[C@H]1CC[C@@H](C(=O)O)CN1C(=O)Cc1ccc2c(c1)OCCO2. The molecule has 6 heteroatoms. The van der Waals surface area contributed by atoms with Crippen molar-refractivity contribution in [3.05, 3.63) is 23.8 Å². The fourth-order valence-corrected chi connectivity index (χ4v) is 3.13. The van der Waals surface area contributed by atoms with Crippen molar-refractivity contribution >= 4 is 11.9 Å². The number of amides is 1. The number of benzene rings is 1. The molecule has 0 saturated carbocycles. The zero-order valence-electron chi connectivity index (χ0n) is 13.2. The molecule has 1 aromatic rings. The maximum atomic E-state index is 12.6. The Bertz CT molecular complexity index is 615. The molecule has 6 nitrogen and oxygen atoms in total. The average molecular weight is 319 g/mol. The van der Waals surface area contributed by atoms with Crippen LogP contribution in [0.2, 0.25) is 0 Å².